The van der Waals surface area contributed by atoms with Crippen molar-refractivity contribution in [1.29, 1.82) is 0 Å². The first kappa shape index (κ1) is 10.3. The van der Waals surface area contributed by atoms with Gasteiger partial charge >= 0.3 is 0 Å². The number of aryl methyl sites for hydroxylation is 1. The molecule has 1 aliphatic carbocycles. The topological polar surface area (TPSA) is 63.4 Å². The van der Waals surface area contributed by atoms with Crippen molar-refractivity contribution in [3.05, 3.63) is 29.3 Å². The molecule has 0 aromatic heterocycles. The van der Waals surface area contributed by atoms with Crippen molar-refractivity contribution in [1.82, 2.24) is 4.90 Å². The summed E-state index contributed by atoms with van der Waals surface area (Å²) in [6.07, 6.45) is 2.44. The van der Waals surface area contributed by atoms with Gasteiger partial charge in [-0.05, 0) is 36.1 Å². The number of amides is 2. The maximum absolute atomic E-state index is 11.7. The van der Waals surface area contributed by atoms with E-state index >= 15 is 0 Å². The highest BCUT2D eigenvalue weighted by molar-refractivity contribution is 6.02. The Hall–Kier alpha value is -1.84. The SMILES string of the molecule is Nc1ccc2c(c1)CCC2N1C(=O)CCC1=O. The third-order valence-electron chi connectivity index (χ3n) is 3.61. The van der Waals surface area contributed by atoms with E-state index in [9.17, 15) is 9.59 Å². The Morgan fingerprint density at radius 2 is 1.82 bits per heavy atom. The first-order valence-corrected chi connectivity index (χ1v) is 5.90. The second-order valence-electron chi connectivity index (χ2n) is 4.67. The molecule has 1 unspecified atom stereocenters. The molecule has 2 amide bonds. The van der Waals surface area contributed by atoms with E-state index in [1.54, 1.807) is 0 Å². The molecule has 1 fully saturated rings. The maximum atomic E-state index is 11.7. The number of likely N-dealkylation sites (tertiary alicyclic amines) is 1. The average Bonchev–Trinajstić information content (AvgIpc) is 2.83. The summed E-state index contributed by atoms with van der Waals surface area (Å²) >= 11 is 0. The van der Waals surface area contributed by atoms with Crippen molar-refractivity contribution in [2.24, 2.45) is 0 Å². The number of benzene rings is 1. The number of nitrogens with zero attached hydrogens (tertiary/aromatic N) is 1. The van der Waals surface area contributed by atoms with E-state index in [2.05, 4.69) is 0 Å². The second kappa shape index (κ2) is 3.58. The highest BCUT2D eigenvalue weighted by Crippen LogP contribution is 2.38. The summed E-state index contributed by atoms with van der Waals surface area (Å²) in [7, 11) is 0. The summed E-state index contributed by atoms with van der Waals surface area (Å²) < 4.78 is 0. The van der Waals surface area contributed by atoms with Crippen molar-refractivity contribution in [3.8, 4) is 0 Å². The lowest BCUT2D eigenvalue weighted by molar-refractivity contribution is -0.141. The first-order chi connectivity index (χ1) is 8.16. The van der Waals surface area contributed by atoms with Gasteiger partial charge in [0.1, 0.15) is 0 Å². The number of imide groups is 1. The number of nitrogens with two attached hydrogens (primary N) is 1. The fourth-order valence-corrected chi connectivity index (χ4v) is 2.82. The molecule has 1 aromatic rings. The van der Waals surface area contributed by atoms with Crippen LogP contribution in [0.1, 0.15) is 36.4 Å². The lowest BCUT2D eigenvalue weighted by Gasteiger charge is -2.22. The van der Waals surface area contributed by atoms with Crippen LogP contribution in [0.4, 0.5) is 5.69 Å². The van der Waals surface area contributed by atoms with Crippen LogP contribution in [0.2, 0.25) is 0 Å². The van der Waals surface area contributed by atoms with Crippen LogP contribution in [0.5, 0.6) is 0 Å². The van der Waals surface area contributed by atoms with E-state index in [0.717, 1.165) is 24.1 Å². The van der Waals surface area contributed by atoms with Gasteiger partial charge in [-0.2, -0.15) is 0 Å². The van der Waals surface area contributed by atoms with Crippen LogP contribution in [0, 0.1) is 0 Å². The van der Waals surface area contributed by atoms with E-state index in [1.165, 1.54) is 10.5 Å². The van der Waals surface area contributed by atoms with Gasteiger partial charge in [-0.3, -0.25) is 14.5 Å². The third kappa shape index (κ3) is 1.52. The van der Waals surface area contributed by atoms with E-state index in [0.29, 0.717) is 12.8 Å². The number of rotatable bonds is 1. The number of hydrogen-bond acceptors (Lipinski definition) is 3. The molecule has 4 nitrogen and oxygen atoms in total. The van der Waals surface area contributed by atoms with Crippen molar-refractivity contribution >= 4 is 17.5 Å². The smallest absolute Gasteiger partial charge is 0.230 e. The Balaban J connectivity index is 1.98. The van der Waals surface area contributed by atoms with Gasteiger partial charge in [-0.1, -0.05) is 6.07 Å². The minimum absolute atomic E-state index is 0.0373. The van der Waals surface area contributed by atoms with E-state index in [1.807, 2.05) is 18.2 Å². The zero-order valence-corrected chi connectivity index (χ0v) is 9.48. The number of nitrogen functional groups attached to an aromatic ring is 1. The highest BCUT2D eigenvalue weighted by Gasteiger charge is 2.38. The van der Waals surface area contributed by atoms with Gasteiger partial charge in [0, 0.05) is 18.5 Å². The van der Waals surface area contributed by atoms with Crippen LogP contribution < -0.4 is 5.73 Å². The first-order valence-electron chi connectivity index (χ1n) is 5.90. The van der Waals surface area contributed by atoms with Gasteiger partial charge in [0.2, 0.25) is 11.8 Å². The van der Waals surface area contributed by atoms with Crippen LogP contribution in [0.15, 0.2) is 18.2 Å². The Morgan fingerprint density at radius 3 is 2.53 bits per heavy atom. The van der Waals surface area contributed by atoms with Crippen LogP contribution in [0.25, 0.3) is 0 Å². The van der Waals surface area contributed by atoms with Gasteiger partial charge in [-0.25, -0.2) is 0 Å². The van der Waals surface area contributed by atoms with Crippen LogP contribution in [-0.4, -0.2) is 16.7 Å². The fraction of sp³-hybridized carbons (Fsp3) is 0.385. The lowest BCUT2D eigenvalue weighted by atomic mass is 10.1. The number of carbonyl (C=O) groups is 2. The summed E-state index contributed by atoms with van der Waals surface area (Å²) in [4.78, 5) is 24.9. The molecule has 2 aliphatic rings. The Kier molecular flexibility index (Phi) is 2.18. The lowest BCUT2D eigenvalue weighted by Crippen LogP contribution is -2.32. The summed E-state index contributed by atoms with van der Waals surface area (Å²) in [5, 5.41) is 0. The molecule has 0 radical (unpaired) electrons. The Morgan fingerprint density at radius 1 is 1.12 bits per heavy atom. The molecule has 0 spiro atoms. The maximum Gasteiger partial charge on any atom is 0.230 e. The van der Waals surface area contributed by atoms with Gasteiger partial charge in [0.25, 0.3) is 0 Å². The number of hydrogen-bond donors (Lipinski definition) is 1. The quantitative estimate of drug-likeness (QED) is 0.586. The zero-order valence-electron chi connectivity index (χ0n) is 9.48. The molecule has 1 aromatic carbocycles. The number of fused-ring (bicyclic) bond motifs is 1. The zero-order chi connectivity index (χ0) is 12.0. The van der Waals surface area contributed by atoms with Crippen molar-refractivity contribution in [3.63, 3.8) is 0 Å². The highest BCUT2D eigenvalue weighted by atomic mass is 16.2. The van der Waals surface area contributed by atoms with Crippen molar-refractivity contribution in [2.45, 2.75) is 31.7 Å². The van der Waals surface area contributed by atoms with Gasteiger partial charge in [0.15, 0.2) is 0 Å². The molecular weight excluding hydrogens is 216 g/mol. The monoisotopic (exact) mass is 230 g/mol. The van der Waals surface area contributed by atoms with Crippen LogP contribution in [-0.2, 0) is 16.0 Å². The number of carbonyl (C=O) groups excluding carboxylic acids is 2. The molecule has 17 heavy (non-hydrogen) atoms. The summed E-state index contributed by atoms with van der Waals surface area (Å²) in [6.45, 7) is 0. The molecule has 0 bridgehead atoms. The largest absolute Gasteiger partial charge is 0.399 e. The third-order valence-corrected chi connectivity index (χ3v) is 3.61. The van der Waals surface area contributed by atoms with Gasteiger partial charge in [-0.15, -0.1) is 0 Å². The van der Waals surface area contributed by atoms with Crippen LogP contribution in [0.3, 0.4) is 0 Å². The molecule has 1 atom stereocenters. The van der Waals surface area contributed by atoms with E-state index in [4.69, 9.17) is 5.73 Å². The number of anilines is 1. The molecule has 1 aliphatic heterocycles. The molecule has 3 rings (SSSR count). The minimum atomic E-state index is -0.0619. The van der Waals surface area contributed by atoms with E-state index in [-0.39, 0.29) is 17.9 Å². The van der Waals surface area contributed by atoms with Gasteiger partial charge in [0.05, 0.1) is 6.04 Å². The van der Waals surface area contributed by atoms with E-state index < -0.39 is 0 Å². The second-order valence-corrected chi connectivity index (χ2v) is 4.67. The molecule has 88 valence electrons. The molecule has 1 saturated heterocycles. The summed E-state index contributed by atoms with van der Waals surface area (Å²) in [6, 6.07) is 5.66. The predicted octanol–water partition coefficient (Wildman–Crippen LogP) is 1.41. The standard InChI is InChI=1S/C13H14N2O2/c14-9-2-3-10-8(7-9)1-4-11(10)15-12(16)5-6-13(15)17/h2-3,7,11H,1,4-6,14H2. The summed E-state index contributed by atoms with van der Waals surface area (Å²) in [5.74, 6) is -0.0747. The molecule has 1 heterocycles. The normalized spacial score (nSPS) is 23.3. The minimum Gasteiger partial charge on any atom is -0.399 e. The molecular formula is C13H14N2O2. The predicted molar refractivity (Wildman–Crippen MR) is 63.0 cm³/mol. The van der Waals surface area contributed by atoms with Crippen molar-refractivity contribution in [2.75, 3.05) is 5.73 Å². The fourth-order valence-electron chi connectivity index (χ4n) is 2.82. The van der Waals surface area contributed by atoms with Crippen molar-refractivity contribution < 1.29 is 9.59 Å². The Labute approximate surface area is 99.4 Å². The molecule has 4 heteroatoms. The van der Waals surface area contributed by atoms with Gasteiger partial charge < -0.3 is 5.73 Å². The molecule has 0 saturated carbocycles. The molecule has 2 N–H and O–H groups in total. The Bertz CT molecular complexity index is 494. The summed E-state index contributed by atoms with van der Waals surface area (Å²) in [5.41, 5.74) is 8.73. The van der Waals surface area contributed by atoms with Crippen LogP contribution >= 0.6 is 0 Å². The average molecular weight is 230 g/mol.